The number of ether oxygens (including phenoxy) is 3. The minimum Gasteiger partial charge on any atom is -0.494 e. The second kappa shape index (κ2) is 9.90. The van der Waals surface area contributed by atoms with Gasteiger partial charge in [0.25, 0.3) is 11.8 Å². The number of thiocarbonyl (C=S) groups is 1. The van der Waals surface area contributed by atoms with Crippen molar-refractivity contribution in [2.75, 3.05) is 25.2 Å². The van der Waals surface area contributed by atoms with E-state index in [1.54, 1.807) is 48.5 Å². The lowest BCUT2D eigenvalue weighted by Gasteiger charge is -2.29. The molecule has 1 N–H and O–H groups in total. The highest BCUT2D eigenvalue weighted by Crippen LogP contribution is 2.30. The van der Waals surface area contributed by atoms with Gasteiger partial charge in [-0.1, -0.05) is 18.7 Å². The molecule has 0 saturated carbocycles. The predicted octanol–water partition coefficient (Wildman–Crippen LogP) is 3.49. The van der Waals surface area contributed by atoms with Gasteiger partial charge in [-0.2, -0.15) is 0 Å². The van der Waals surface area contributed by atoms with E-state index in [2.05, 4.69) is 11.9 Å². The molecule has 7 nitrogen and oxygen atoms in total. The molecule has 2 aromatic rings. The van der Waals surface area contributed by atoms with Crippen LogP contribution in [0.4, 0.5) is 5.69 Å². The number of amides is 2. The smallest absolute Gasteiger partial charge is 0.270 e. The minimum absolute atomic E-state index is 0.0158. The van der Waals surface area contributed by atoms with Gasteiger partial charge >= 0.3 is 0 Å². The highest BCUT2D eigenvalue weighted by Gasteiger charge is 2.34. The van der Waals surface area contributed by atoms with E-state index in [-0.39, 0.29) is 10.7 Å². The van der Waals surface area contributed by atoms with Crippen molar-refractivity contribution in [1.29, 1.82) is 0 Å². The number of nitrogens with one attached hydrogen (secondary N) is 1. The van der Waals surface area contributed by atoms with Gasteiger partial charge in [-0.15, -0.1) is 0 Å². The van der Waals surface area contributed by atoms with Crippen LogP contribution in [0.5, 0.6) is 17.2 Å². The SMILES string of the molecule is C=CCOc1ccc(/C=C2/C(=O)NC(=S)N(c3ccc(OCC)cc3)C2=O)cc1OC. The summed E-state index contributed by atoms with van der Waals surface area (Å²) in [5.74, 6) is 0.583. The number of methoxy groups -OCH3 is 1. The van der Waals surface area contributed by atoms with Crippen LogP contribution in [0.25, 0.3) is 6.08 Å². The van der Waals surface area contributed by atoms with E-state index < -0.39 is 11.8 Å². The number of carbonyl (C=O) groups is 2. The average Bonchev–Trinajstić information content (AvgIpc) is 2.76. The topological polar surface area (TPSA) is 77.1 Å². The van der Waals surface area contributed by atoms with Crippen LogP contribution in [0, 0.1) is 0 Å². The first-order chi connectivity index (χ1) is 15.0. The standard InChI is InChI=1S/C23H22N2O5S/c1-4-12-30-19-11-6-15(14-20(19)28-3)13-18-21(26)24-23(31)25(22(18)27)16-7-9-17(10-8-16)29-5-2/h4,6-11,13-14H,1,5,12H2,2-3H3,(H,24,26,31)/b18-13-. The van der Waals surface area contributed by atoms with Gasteiger partial charge in [0.1, 0.15) is 17.9 Å². The molecule has 0 aromatic heterocycles. The second-order valence-electron chi connectivity index (χ2n) is 6.39. The number of carbonyl (C=O) groups excluding carboxylic acids is 2. The van der Waals surface area contributed by atoms with E-state index >= 15 is 0 Å². The summed E-state index contributed by atoms with van der Waals surface area (Å²) in [4.78, 5) is 26.9. The fourth-order valence-electron chi connectivity index (χ4n) is 2.96. The summed E-state index contributed by atoms with van der Waals surface area (Å²) >= 11 is 5.23. The summed E-state index contributed by atoms with van der Waals surface area (Å²) in [7, 11) is 1.51. The maximum Gasteiger partial charge on any atom is 0.270 e. The van der Waals surface area contributed by atoms with Gasteiger partial charge in [-0.3, -0.25) is 19.8 Å². The predicted molar refractivity (Wildman–Crippen MR) is 123 cm³/mol. The van der Waals surface area contributed by atoms with Gasteiger partial charge in [0, 0.05) is 0 Å². The van der Waals surface area contributed by atoms with Crippen molar-refractivity contribution < 1.29 is 23.8 Å². The fourth-order valence-corrected chi connectivity index (χ4v) is 3.24. The monoisotopic (exact) mass is 438 g/mol. The zero-order chi connectivity index (χ0) is 22.4. The Bertz CT molecular complexity index is 1050. The molecule has 31 heavy (non-hydrogen) atoms. The van der Waals surface area contributed by atoms with Crippen LogP contribution in [0.3, 0.4) is 0 Å². The number of benzene rings is 2. The van der Waals surface area contributed by atoms with Gasteiger partial charge in [0.15, 0.2) is 16.6 Å². The molecule has 1 aliphatic heterocycles. The number of anilines is 1. The quantitative estimate of drug-likeness (QED) is 0.294. The second-order valence-corrected chi connectivity index (χ2v) is 6.78. The molecule has 0 atom stereocenters. The van der Waals surface area contributed by atoms with Crippen molar-refractivity contribution in [2.24, 2.45) is 0 Å². The third-order valence-corrected chi connectivity index (χ3v) is 4.65. The van der Waals surface area contributed by atoms with E-state index in [4.69, 9.17) is 26.4 Å². The Morgan fingerprint density at radius 3 is 2.48 bits per heavy atom. The molecule has 8 heteroatoms. The molecule has 2 amide bonds. The lowest BCUT2D eigenvalue weighted by Crippen LogP contribution is -2.54. The van der Waals surface area contributed by atoms with Crippen LogP contribution in [0.2, 0.25) is 0 Å². The van der Waals surface area contributed by atoms with Gasteiger partial charge in [-0.05, 0) is 67.2 Å². The molecule has 2 aromatic carbocycles. The first-order valence-electron chi connectivity index (χ1n) is 9.54. The first kappa shape index (κ1) is 22.0. The van der Waals surface area contributed by atoms with E-state index in [1.165, 1.54) is 18.1 Å². The van der Waals surface area contributed by atoms with Crippen molar-refractivity contribution >= 4 is 40.9 Å². The van der Waals surface area contributed by atoms with Crippen molar-refractivity contribution in [3.8, 4) is 17.2 Å². The minimum atomic E-state index is -0.567. The van der Waals surface area contributed by atoms with Crippen molar-refractivity contribution in [3.05, 3.63) is 66.3 Å². The molecule has 0 bridgehead atoms. The zero-order valence-corrected chi connectivity index (χ0v) is 18.0. The van der Waals surface area contributed by atoms with Crippen molar-refractivity contribution in [3.63, 3.8) is 0 Å². The van der Waals surface area contributed by atoms with Crippen LogP contribution in [-0.2, 0) is 9.59 Å². The molecule has 1 aliphatic rings. The summed E-state index contributed by atoms with van der Waals surface area (Å²) in [5.41, 5.74) is 1.07. The van der Waals surface area contributed by atoms with Crippen LogP contribution < -0.4 is 24.4 Å². The lowest BCUT2D eigenvalue weighted by atomic mass is 10.1. The lowest BCUT2D eigenvalue weighted by molar-refractivity contribution is -0.122. The molecule has 0 spiro atoms. The largest absolute Gasteiger partial charge is 0.494 e. The first-order valence-corrected chi connectivity index (χ1v) is 9.95. The van der Waals surface area contributed by atoms with Crippen LogP contribution >= 0.6 is 12.2 Å². The third-order valence-electron chi connectivity index (χ3n) is 4.36. The Balaban J connectivity index is 1.92. The molecule has 1 fully saturated rings. The van der Waals surface area contributed by atoms with Crippen LogP contribution in [0.1, 0.15) is 12.5 Å². The number of hydrogen-bond acceptors (Lipinski definition) is 6. The van der Waals surface area contributed by atoms with E-state index in [0.717, 1.165) is 0 Å². The van der Waals surface area contributed by atoms with Crippen LogP contribution in [0.15, 0.2) is 60.7 Å². The highest BCUT2D eigenvalue weighted by atomic mass is 32.1. The van der Waals surface area contributed by atoms with Gasteiger partial charge in [0.2, 0.25) is 0 Å². The van der Waals surface area contributed by atoms with E-state index in [1.807, 2.05) is 6.92 Å². The molecule has 1 saturated heterocycles. The summed E-state index contributed by atoms with van der Waals surface area (Å²) in [5, 5.41) is 2.58. The molecule has 3 rings (SSSR count). The summed E-state index contributed by atoms with van der Waals surface area (Å²) in [6, 6.07) is 12.0. The molecule has 0 aliphatic carbocycles. The normalized spacial score (nSPS) is 15.0. The summed E-state index contributed by atoms with van der Waals surface area (Å²) in [6.45, 7) is 6.36. The van der Waals surface area contributed by atoms with Gasteiger partial charge < -0.3 is 14.2 Å². The molecule has 0 unspecified atom stereocenters. The van der Waals surface area contributed by atoms with Crippen molar-refractivity contribution in [1.82, 2.24) is 5.32 Å². The Hall–Kier alpha value is -3.65. The van der Waals surface area contributed by atoms with Crippen LogP contribution in [-0.4, -0.2) is 37.3 Å². The zero-order valence-electron chi connectivity index (χ0n) is 17.2. The van der Waals surface area contributed by atoms with E-state index in [9.17, 15) is 9.59 Å². The van der Waals surface area contributed by atoms with Gasteiger partial charge in [0.05, 0.1) is 19.4 Å². The Kier molecular flexibility index (Phi) is 7.04. The number of nitrogens with zero attached hydrogens (tertiary/aromatic N) is 1. The number of rotatable bonds is 8. The Morgan fingerprint density at radius 1 is 1.10 bits per heavy atom. The van der Waals surface area contributed by atoms with Gasteiger partial charge in [-0.25, -0.2) is 0 Å². The summed E-state index contributed by atoms with van der Waals surface area (Å²) in [6.07, 6.45) is 3.11. The molecule has 1 heterocycles. The Morgan fingerprint density at radius 2 is 1.84 bits per heavy atom. The molecule has 0 radical (unpaired) electrons. The molecular weight excluding hydrogens is 416 g/mol. The maximum absolute atomic E-state index is 13.1. The Labute approximate surface area is 185 Å². The maximum atomic E-state index is 13.1. The molecular formula is C23H22N2O5S. The van der Waals surface area contributed by atoms with Crippen molar-refractivity contribution in [2.45, 2.75) is 6.92 Å². The number of hydrogen-bond donors (Lipinski definition) is 1. The summed E-state index contributed by atoms with van der Waals surface area (Å²) < 4.78 is 16.3. The highest BCUT2D eigenvalue weighted by molar-refractivity contribution is 7.80. The average molecular weight is 439 g/mol. The molecule has 160 valence electrons. The fraction of sp³-hybridized carbons (Fsp3) is 0.174. The van der Waals surface area contributed by atoms with E-state index in [0.29, 0.717) is 41.7 Å². The third kappa shape index (κ3) is 4.92.